The van der Waals surface area contributed by atoms with Crippen LogP contribution in [0, 0.1) is 0 Å². The van der Waals surface area contributed by atoms with Gasteiger partial charge in [0.2, 0.25) is 0 Å². The Kier molecular flexibility index (Phi) is 17.1. The molecule has 2 nitrogen and oxygen atoms in total. The Morgan fingerprint density at radius 2 is 0.556 bits per heavy atom. The monoisotopic (exact) mass is 427 g/mol. The molecule has 0 aliphatic heterocycles. The third-order valence-electron chi connectivity index (χ3n) is 4.66. The van der Waals surface area contributed by atoms with Crippen molar-refractivity contribution in [2.45, 2.75) is 157 Å². The van der Waals surface area contributed by atoms with Crippen LogP contribution >= 0.6 is 0 Å². The van der Waals surface area contributed by atoms with Crippen LogP contribution in [0.5, 0.6) is 0 Å². The average molecular weight is 428 g/mol. The first-order chi connectivity index (χ1) is 11.7. The van der Waals surface area contributed by atoms with Crippen molar-refractivity contribution in [1.82, 2.24) is 0 Å². The molecule has 0 amide bonds. The van der Waals surface area contributed by atoms with Crippen LogP contribution in [0.3, 0.4) is 0 Å². The van der Waals surface area contributed by atoms with E-state index in [0.717, 1.165) is 0 Å². The maximum atomic E-state index is 4.92. The zero-order chi connectivity index (χ0) is 21.1. The van der Waals surface area contributed by atoms with Gasteiger partial charge in [-0.1, -0.05) is 134 Å². The van der Waals surface area contributed by atoms with Gasteiger partial charge in [-0.15, -0.1) is 22.2 Å². The third-order valence-corrected chi connectivity index (χ3v) is 4.66. The van der Waals surface area contributed by atoms with Crippen molar-refractivity contribution in [3.63, 3.8) is 0 Å². The van der Waals surface area contributed by atoms with Crippen LogP contribution in [-0.4, -0.2) is 22.2 Å². The van der Waals surface area contributed by atoms with Crippen LogP contribution in [0.2, 0.25) is 0 Å². The predicted molar refractivity (Wildman–Crippen MR) is 123 cm³/mol. The summed E-state index contributed by atoms with van der Waals surface area (Å²) in [6, 6.07) is 0. The first-order valence-corrected chi connectivity index (χ1v) is 11.1. The van der Waals surface area contributed by atoms with Gasteiger partial charge in [0.15, 0.2) is 0 Å². The van der Waals surface area contributed by atoms with Gasteiger partial charge in [0.05, 0.1) is 0 Å². The second-order valence-electron chi connectivity index (χ2n) is 10.5. The Morgan fingerprint density at radius 3 is 0.667 bits per heavy atom. The van der Waals surface area contributed by atoms with E-state index in [2.05, 4.69) is 83.1 Å². The van der Waals surface area contributed by atoms with Gasteiger partial charge in [0.1, 0.15) is 0 Å². The Balaban J connectivity index is -0.000000411. The molecule has 0 aromatic carbocycles. The van der Waals surface area contributed by atoms with Gasteiger partial charge in [-0.05, 0) is 0 Å². The first kappa shape index (κ1) is 32.1. The van der Waals surface area contributed by atoms with Gasteiger partial charge < -0.3 is 10.6 Å². The maximum absolute atomic E-state index is 4.92. The Labute approximate surface area is 184 Å². The molecule has 167 valence electrons. The third kappa shape index (κ3) is 19.5. The fourth-order valence-corrected chi connectivity index (χ4v) is 4.31. The van der Waals surface area contributed by atoms with Gasteiger partial charge >= 0.3 is 16.8 Å². The van der Waals surface area contributed by atoms with Gasteiger partial charge in [0.25, 0.3) is 0 Å². The van der Waals surface area contributed by atoms with Crippen LogP contribution < -0.4 is 0 Å². The van der Waals surface area contributed by atoms with E-state index < -0.39 is 0 Å². The quantitative estimate of drug-likeness (QED) is 0.297. The van der Waals surface area contributed by atoms with E-state index in [9.17, 15) is 0 Å². The molecule has 1 radical (unpaired) electrons. The van der Waals surface area contributed by atoms with Crippen LogP contribution in [-0.2, 0) is 16.8 Å². The smallest absolute Gasteiger partial charge is 0.652 e. The Hall–Kier alpha value is 0.426. The summed E-state index contributed by atoms with van der Waals surface area (Å²) in [6.07, 6.45) is 9.66. The predicted octanol–water partition coefficient (Wildman–Crippen LogP) is 9.03. The fraction of sp³-hybridized carbons (Fsp3) is 1.00. The molecule has 0 fully saturated rings. The fourth-order valence-electron chi connectivity index (χ4n) is 4.31. The molecule has 27 heavy (non-hydrogen) atoms. The second kappa shape index (κ2) is 14.4. The summed E-state index contributed by atoms with van der Waals surface area (Å²) < 4.78 is 0. The molecule has 0 saturated heterocycles. The summed E-state index contributed by atoms with van der Waals surface area (Å²) in [5.41, 5.74) is 0.641. The van der Waals surface area contributed by atoms with E-state index in [1.165, 1.54) is 51.4 Å². The van der Waals surface area contributed by atoms with Gasteiger partial charge in [-0.3, -0.25) is 0 Å². The number of hydrogen-bond acceptors (Lipinski definition) is 0. The molecule has 3 heteroatoms. The molecule has 0 atom stereocenters. The minimum absolute atomic E-state index is 0. The van der Waals surface area contributed by atoms with Crippen molar-refractivity contribution in [1.29, 1.82) is 0 Å². The van der Waals surface area contributed by atoms with Gasteiger partial charge in [0, 0.05) is 0 Å². The number of rotatable bonds is 12. The molecule has 0 aliphatic rings. The average Bonchev–Trinajstić information content (AvgIpc) is 2.35. The molecule has 0 saturated carbocycles. The zero-order valence-corrected chi connectivity index (χ0v) is 21.9. The van der Waals surface area contributed by atoms with E-state index in [1.807, 2.05) is 0 Å². The van der Waals surface area contributed by atoms with Crippen molar-refractivity contribution < 1.29 is 16.8 Å². The summed E-state index contributed by atoms with van der Waals surface area (Å²) in [6.45, 7) is 26.9. The minimum atomic E-state index is 0. The van der Waals surface area contributed by atoms with Crippen molar-refractivity contribution in [3.8, 4) is 0 Å². The van der Waals surface area contributed by atoms with Gasteiger partial charge in [-0.25, -0.2) is 0 Å². The summed E-state index contributed by atoms with van der Waals surface area (Å²) in [4.78, 5) is 0. The van der Waals surface area contributed by atoms with Gasteiger partial charge in [-0.2, -0.15) is 0 Å². The maximum Gasteiger partial charge on any atom is 2.00 e. The van der Waals surface area contributed by atoms with Crippen LogP contribution in [0.25, 0.3) is 10.6 Å². The van der Waals surface area contributed by atoms with E-state index in [-0.39, 0.29) is 38.9 Å². The molecule has 0 aliphatic carbocycles. The molecule has 0 rings (SSSR count). The molecule has 0 aromatic heterocycles. The molecule has 0 heterocycles. The summed E-state index contributed by atoms with van der Waals surface area (Å²) in [7, 11) is 0. The SMILES string of the molecule is CCCC(C)(C)[N-]C(C)(C)CCC.CCCC(C)(C)[N-]C(C)(C)CCC.[Co+2]. The molecular formula is C24H52CoN2. The first-order valence-electron chi connectivity index (χ1n) is 11.1. The Bertz CT molecular complexity index is 280. The van der Waals surface area contributed by atoms with E-state index >= 15 is 0 Å². The molecule has 0 aromatic rings. The van der Waals surface area contributed by atoms with Crippen molar-refractivity contribution in [3.05, 3.63) is 10.6 Å². The standard InChI is InChI=1S/2C12H26N.Co/c2*1-7-9-11(3,4)13-12(5,6)10-8-2;/h2*7-10H2,1-6H3;/q2*-1;+2. The largest absolute Gasteiger partial charge is 2.00 e. The molecule has 0 N–H and O–H groups in total. The second-order valence-corrected chi connectivity index (χ2v) is 10.5. The normalized spacial score (nSPS) is 12.9. The van der Waals surface area contributed by atoms with E-state index in [0.29, 0.717) is 0 Å². The molecule has 0 unspecified atom stereocenters. The van der Waals surface area contributed by atoms with E-state index in [4.69, 9.17) is 10.6 Å². The Morgan fingerprint density at radius 1 is 0.407 bits per heavy atom. The van der Waals surface area contributed by atoms with Crippen LogP contribution in [0.1, 0.15) is 134 Å². The van der Waals surface area contributed by atoms with Crippen molar-refractivity contribution in [2.75, 3.05) is 0 Å². The van der Waals surface area contributed by atoms with E-state index in [1.54, 1.807) is 0 Å². The minimum Gasteiger partial charge on any atom is -0.652 e. The summed E-state index contributed by atoms with van der Waals surface area (Å²) in [5, 5.41) is 9.84. The molecule has 0 bridgehead atoms. The molecular weight excluding hydrogens is 375 g/mol. The van der Waals surface area contributed by atoms with Crippen LogP contribution in [0.15, 0.2) is 0 Å². The summed E-state index contributed by atoms with van der Waals surface area (Å²) in [5.74, 6) is 0. The molecule has 0 spiro atoms. The van der Waals surface area contributed by atoms with Crippen molar-refractivity contribution >= 4 is 0 Å². The van der Waals surface area contributed by atoms with Crippen LogP contribution in [0.4, 0.5) is 0 Å². The summed E-state index contributed by atoms with van der Waals surface area (Å²) >= 11 is 0. The van der Waals surface area contributed by atoms with Crippen molar-refractivity contribution in [2.24, 2.45) is 0 Å². The zero-order valence-electron chi connectivity index (χ0n) is 20.9. The topological polar surface area (TPSA) is 28.2 Å². The number of hydrogen-bond donors (Lipinski definition) is 0. The number of nitrogens with zero attached hydrogens (tertiary/aromatic N) is 2.